The van der Waals surface area contributed by atoms with Gasteiger partial charge in [-0.15, -0.1) is 0 Å². The van der Waals surface area contributed by atoms with Gasteiger partial charge in [-0.05, 0) is 35.6 Å². The van der Waals surface area contributed by atoms with Crippen molar-refractivity contribution in [2.75, 3.05) is 13.2 Å². The van der Waals surface area contributed by atoms with Crippen molar-refractivity contribution in [1.29, 1.82) is 0 Å². The van der Waals surface area contributed by atoms with Gasteiger partial charge in [0.15, 0.2) is 11.5 Å². The summed E-state index contributed by atoms with van der Waals surface area (Å²) in [6, 6.07) is 16.8. The van der Waals surface area contributed by atoms with E-state index in [-0.39, 0.29) is 6.04 Å². The van der Waals surface area contributed by atoms with Crippen LogP contribution in [0.25, 0.3) is 11.3 Å². The van der Waals surface area contributed by atoms with Crippen LogP contribution in [-0.2, 0) is 6.54 Å². The quantitative estimate of drug-likeness (QED) is 0.522. The Morgan fingerprint density at radius 2 is 1.77 bits per heavy atom. The van der Waals surface area contributed by atoms with E-state index in [0.29, 0.717) is 13.2 Å². The summed E-state index contributed by atoms with van der Waals surface area (Å²) in [6.07, 6.45) is 9.82. The lowest BCUT2D eigenvalue weighted by atomic mass is 9.84. The van der Waals surface area contributed by atoms with Gasteiger partial charge >= 0.3 is 0 Å². The van der Waals surface area contributed by atoms with Crippen molar-refractivity contribution in [2.45, 2.75) is 51.1 Å². The predicted octanol–water partition coefficient (Wildman–Crippen LogP) is 5.65. The lowest BCUT2D eigenvalue weighted by Gasteiger charge is -2.26. The Hall–Kier alpha value is -2.79. The van der Waals surface area contributed by atoms with Gasteiger partial charge in [-0.25, -0.2) is 4.98 Å². The van der Waals surface area contributed by atoms with E-state index in [0.717, 1.165) is 41.9 Å². The van der Waals surface area contributed by atoms with Crippen molar-refractivity contribution in [3.63, 3.8) is 0 Å². The molecule has 5 nitrogen and oxygen atoms in total. The number of H-pyrrole nitrogens is 1. The molecule has 2 aromatic carbocycles. The second-order valence-electron chi connectivity index (χ2n) is 8.70. The highest BCUT2D eigenvalue weighted by atomic mass is 16.6. The predicted molar refractivity (Wildman–Crippen MR) is 122 cm³/mol. The number of rotatable bonds is 7. The Morgan fingerprint density at radius 3 is 2.61 bits per heavy atom. The Kier molecular flexibility index (Phi) is 6.21. The SMILES string of the molecule is c1ccc(-c2cnc(C(CC3CCCCC3)NCc3ccc4c(c3)OCCO4)[nH]2)cc1. The summed E-state index contributed by atoms with van der Waals surface area (Å²) in [6.45, 7) is 2.01. The molecule has 0 amide bonds. The molecular weight excluding hydrogens is 386 g/mol. The van der Waals surface area contributed by atoms with Crippen LogP contribution in [0.3, 0.4) is 0 Å². The summed E-state index contributed by atoms with van der Waals surface area (Å²) in [5.41, 5.74) is 3.45. The van der Waals surface area contributed by atoms with Crippen molar-refractivity contribution >= 4 is 0 Å². The number of nitrogens with zero attached hydrogens (tertiary/aromatic N) is 1. The monoisotopic (exact) mass is 417 g/mol. The molecule has 1 saturated carbocycles. The van der Waals surface area contributed by atoms with Crippen LogP contribution in [0.2, 0.25) is 0 Å². The molecule has 1 aromatic heterocycles. The van der Waals surface area contributed by atoms with Crippen molar-refractivity contribution in [3.05, 3.63) is 66.1 Å². The standard InChI is InChI=1S/C26H31N3O2/c1-3-7-19(8-4-1)15-22(26-28-18-23(29-26)21-9-5-2-6-10-21)27-17-20-11-12-24-25(16-20)31-14-13-30-24/h2,5-6,9-12,16,18-19,22,27H,1,3-4,7-8,13-15,17H2,(H,28,29). The Balaban J connectivity index is 1.32. The molecule has 31 heavy (non-hydrogen) atoms. The van der Waals surface area contributed by atoms with E-state index in [1.165, 1.54) is 43.2 Å². The molecule has 1 unspecified atom stereocenters. The Labute approximate surface area is 184 Å². The lowest BCUT2D eigenvalue weighted by Crippen LogP contribution is -2.25. The molecule has 3 aromatic rings. The molecule has 0 bridgehead atoms. The van der Waals surface area contributed by atoms with Gasteiger partial charge in [-0.2, -0.15) is 0 Å². The molecule has 2 aliphatic rings. The first-order valence-electron chi connectivity index (χ1n) is 11.6. The zero-order chi connectivity index (χ0) is 20.9. The molecule has 0 radical (unpaired) electrons. The molecule has 1 atom stereocenters. The van der Waals surface area contributed by atoms with Gasteiger partial charge in [-0.1, -0.05) is 68.5 Å². The van der Waals surface area contributed by atoms with Gasteiger partial charge in [0.2, 0.25) is 0 Å². The Bertz CT molecular complexity index is 979. The average Bonchev–Trinajstić information content (AvgIpc) is 3.33. The molecule has 1 aliphatic carbocycles. The molecule has 2 N–H and O–H groups in total. The molecule has 0 saturated heterocycles. The fourth-order valence-electron chi connectivity index (χ4n) is 4.76. The number of aromatic amines is 1. The van der Waals surface area contributed by atoms with Gasteiger partial charge in [0.05, 0.1) is 17.9 Å². The summed E-state index contributed by atoms with van der Waals surface area (Å²) in [4.78, 5) is 8.37. The first-order chi connectivity index (χ1) is 15.3. The van der Waals surface area contributed by atoms with Crippen LogP contribution in [0.4, 0.5) is 0 Å². The average molecular weight is 418 g/mol. The molecule has 5 rings (SSSR count). The van der Waals surface area contributed by atoms with Crippen LogP contribution in [0.5, 0.6) is 11.5 Å². The first kappa shape index (κ1) is 20.1. The van der Waals surface area contributed by atoms with E-state index >= 15 is 0 Å². The van der Waals surface area contributed by atoms with Gasteiger partial charge in [0.1, 0.15) is 19.0 Å². The zero-order valence-corrected chi connectivity index (χ0v) is 18.0. The molecule has 162 valence electrons. The van der Waals surface area contributed by atoms with Crippen molar-refractivity contribution in [1.82, 2.24) is 15.3 Å². The minimum atomic E-state index is 0.203. The second-order valence-corrected chi connectivity index (χ2v) is 8.70. The molecule has 5 heteroatoms. The van der Waals surface area contributed by atoms with E-state index in [4.69, 9.17) is 14.5 Å². The van der Waals surface area contributed by atoms with Gasteiger partial charge in [0.25, 0.3) is 0 Å². The topological polar surface area (TPSA) is 59.2 Å². The van der Waals surface area contributed by atoms with Crippen LogP contribution in [0, 0.1) is 5.92 Å². The molecule has 1 fully saturated rings. The molecule has 1 aliphatic heterocycles. The highest BCUT2D eigenvalue weighted by Gasteiger charge is 2.23. The van der Waals surface area contributed by atoms with Crippen LogP contribution in [-0.4, -0.2) is 23.2 Å². The highest BCUT2D eigenvalue weighted by Crippen LogP contribution is 2.33. The third-order valence-corrected chi connectivity index (χ3v) is 6.46. The summed E-state index contributed by atoms with van der Waals surface area (Å²) in [5, 5.41) is 3.78. The number of ether oxygens (including phenoxy) is 2. The smallest absolute Gasteiger partial charge is 0.161 e. The maximum Gasteiger partial charge on any atom is 0.161 e. The fraction of sp³-hybridized carbons (Fsp3) is 0.423. The number of imidazole rings is 1. The fourth-order valence-corrected chi connectivity index (χ4v) is 4.76. The van der Waals surface area contributed by atoms with Crippen LogP contribution >= 0.6 is 0 Å². The molecular formula is C26H31N3O2. The normalized spacial score (nSPS) is 17.4. The maximum atomic E-state index is 5.76. The van der Waals surface area contributed by atoms with Crippen molar-refractivity contribution in [2.24, 2.45) is 5.92 Å². The number of nitrogens with one attached hydrogen (secondary N) is 2. The van der Waals surface area contributed by atoms with E-state index in [9.17, 15) is 0 Å². The van der Waals surface area contributed by atoms with Crippen LogP contribution in [0.1, 0.15) is 56.0 Å². The zero-order valence-electron chi connectivity index (χ0n) is 18.0. The summed E-state index contributed by atoms with van der Waals surface area (Å²) in [7, 11) is 0. The van der Waals surface area contributed by atoms with E-state index in [1.807, 2.05) is 18.3 Å². The van der Waals surface area contributed by atoms with Gasteiger partial charge < -0.3 is 19.8 Å². The minimum Gasteiger partial charge on any atom is -0.486 e. The number of aromatic nitrogens is 2. The lowest BCUT2D eigenvalue weighted by molar-refractivity contribution is 0.171. The third kappa shape index (κ3) is 4.93. The highest BCUT2D eigenvalue weighted by molar-refractivity contribution is 5.58. The number of benzene rings is 2. The number of fused-ring (bicyclic) bond motifs is 1. The van der Waals surface area contributed by atoms with Crippen LogP contribution in [0.15, 0.2) is 54.7 Å². The van der Waals surface area contributed by atoms with E-state index in [2.05, 4.69) is 46.7 Å². The van der Waals surface area contributed by atoms with Gasteiger partial charge in [0, 0.05) is 6.54 Å². The minimum absolute atomic E-state index is 0.203. The van der Waals surface area contributed by atoms with E-state index in [1.54, 1.807) is 0 Å². The Morgan fingerprint density at radius 1 is 0.968 bits per heavy atom. The summed E-state index contributed by atoms with van der Waals surface area (Å²) < 4.78 is 11.4. The summed E-state index contributed by atoms with van der Waals surface area (Å²) in [5.74, 6) is 3.48. The molecule has 2 heterocycles. The summed E-state index contributed by atoms with van der Waals surface area (Å²) >= 11 is 0. The van der Waals surface area contributed by atoms with Gasteiger partial charge in [-0.3, -0.25) is 0 Å². The largest absolute Gasteiger partial charge is 0.486 e. The van der Waals surface area contributed by atoms with Crippen molar-refractivity contribution in [3.8, 4) is 22.8 Å². The maximum absolute atomic E-state index is 5.76. The second kappa shape index (κ2) is 9.56. The van der Waals surface area contributed by atoms with E-state index < -0.39 is 0 Å². The number of hydrogen-bond acceptors (Lipinski definition) is 4. The van der Waals surface area contributed by atoms with Crippen LogP contribution < -0.4 is 14.8 Å². The third-order valence-electron chi connectivity index (χ3n) is 6.46. The first-order valence-corrected chi connectivity index (χ1v) is 11.6. The number of hydrogen-bond donors (Lipinski definition) is 2. The van der Waals surface area contributed by atoms with Crippen molar-refractivity contribution < 1.29 is 9.47 Å². The molecule has 0 spiro atoms.